The van der Waals surface area contributed by atoms with Crippen molar-refractivity contribution in [1.29, 1.82) is 0 Å². The molecule has 0 spiro atoms. The van der Waals surface area contributed by atoms with E-state index in [9.17, 15) is 9.59 Å². The zero-order valence-corrected chi connectivity index (χ0v) is 9.41. The molecular formula is C10H12ClN3O2. The quantitative estimate of drug-likeness (QED) is 0.658. The van der Waals surface area contributed by atoms with Crippen LogP contribution in [0.4, 0.5) is 0 Å². The number of halogens is 1. The van der Waals surface area contributed by atoms with Crippen molar-refractivity contribution in [1.82, 2.24) is 10.9 Å². The van der Waals surface area contributed by atoms with Gasteiger partial charge in [0.1, 0.15) is 0 Å². The van der Waals surface area contributed by atoms with Crippen molar-refractivity contribution in [3.8, 4) is 0 Å². The Hall–Kier alpha value is -1.59. The van der Waals surface area contributed by atoms with Gasteiger partial charge in [-0.05, 0) is 19.1 Å². The largest absolute Gasteiger partial charge is 0.320 e. The van der Waals surface area contributed by atoms with E-state index < -0.39 is 17.9 Å². The molecule has 0 fully saturated rings. The van der Waals surface area contributed by atoms with Gasteiger partial charge < -0.3 is 5.73 Å². The summed E-state index contributed by atoms with van der Waals surface area (Å²) in [5.41, 5.74) is 9.99. The first-order valence-corrected chi connectivity index (χ1v) is 5.00. The van der Waals surface area contributed by atoms with Gasteiger partial charge in [-0.1, -0.05) is 23.7 Å². The Morgan fingerprint density at radius 2 is 1.94 bits per heavy atom. The van der Waals surface area contributed by atoms with Crippen LogP contribution in [0.5, 0.6) is 0 Å². The second-order valence-electron chi connectivity index (χ2n) is 3.21. The molecule has 2 amide bonds. The molecule has 5 nitrogen and oxygen atoms in total. The van der Waals surface area contributed by atoms with E-state index in [0.29, 0.717) is 5.02 Å². The van der Waals surface area contributed by atoms with Gasteiger partial charge >= 0.3 is 0 Å². The van der Waals surface area contributed by atoms with Crippen LogP contribution in [0.3, 0.4) is 0 Å². The van der Waals surface area contributed by atoms with Crippen molar-refractivity contribution in [2.24, 2.45) is 5.73 Å². The number of hydrogen-bond donors (Lipinski definition) is 3. The predicted molar refractivity (Wildman–Crippen MR) is 60.7 cm³/mol. The fraction of sp³-hybridized carbons (Fsp3) is 0.200. The molecule has 6 heteroatoms. The van der Waals surface area contributed by atoms with Gasteiger partial charge in [-0.3, -0.25) is 20.4 Å². The highest BCUT2D eigenvalue weighted by molar-refractivity contribution is 6.33. The van der Waals surface area contributed by atoms with Crippen LogP contribution >= 0.6 is 11.6 Å². The Morgan fingerprint density at radius 3 is 2.50 bits per heavy atom. The number of benzene rings is 1. The molecule has 0 radical (unpaired) electrons. The number of hydrogen-bond acceptors (Lipinski definition) is 3. The number of carbonyl (C=O) groups is 2. The minimum Gasteiger partial charge on any atom is -0.320 e. The van der Waals surface area contributed by atoms with E-state index in [2.05, 4.69) is 10.9 Å². The van der Waals surface area contributed by atoms with Crippen LogP contribution in [0.25, 0.3) is 0 Å². The maximum absolute atomic E-state index is 11.5. The summed E-state index contributed by atoms with van der Waals surface area (Å²) in [6.07, 6.45) is 0. The van der Waals surface area contributed by atoms with Crippen molar-refractivity contribution in [2.45, 2.75) is 13.0 Å². The summed E-state index contributed by atoms with van der Waals surface area (Å²) in [5.74, 6) is -0.958. The van der Waals surface area contributed by atoms with Gasteiger partial charge in [-0.2, -0.15) is 0 Å². The van der Waals surface area contributed by atoms with Crippen LogP contribution in [-0.4, -0.2) is 17.9 Å². The van der Waals surface area contributed by atoms with E-state index in [1.165, 1.54) is 6.92 Å². The lowest BCUT2D eigenvalue weighted by molar-refractivity contribution is -0.122. The molecule has 16 heavy (non-hydrogen) atoms. The maximum atomic E-state index is 11.5. The molecule has 1 aromatic carbocycles. The molecule has 1 unspecified atom stereocenters. The number of hydrazine groups is 1. The van der Waals surface area contributed by atoms with Crippen LogP contribution in [0.1, 0.15) is 17.3 Å². The Balaban J connectivity index is 2.60. The first-order valence-electron chi connectivity index (χ1n) is 4.62. The van der Waals surface area contributed by atoms with E-state index in [4.69, 9.17) is 17.3 Å². The summed E-state index contributed by atoms with van der Waals surface area (Å²) in [6.45, 7) is 1.51. The number of amides is 2. The van der Waals surface area contributed by atoms with Gasteiger partial charge in [0.05, 0.1) is 16.6 Å². The van der Waals surface area contributed by atoms with Gasteiger partial charge in [0, 0.05) is 0 Å². The van der Waals surface area contributed by atoms with E-state index in [1.54, 1.807) is 24.3 Å². The Bertz CT molecular complexity index is 407. The van der Waals surface area contributed by atoms with Crippen molar-refractivity contribution in [3.05, 3.63) is 34.9 Å². The minimum absolute atomic E-state index is 0.286. The number of nitrogens with two attached hydrogens (primary N) is 1. The summed E-state index contributed by atoms with van der Waals surface area (Å²) >= 11 is 5.80. The normalized spacial score (nSPS) is 11.7. The molecule has 0 heterocycles. The van der Waals surface area contributed by atoms with Crippen LogP contribution in [0.2, 0.25) is 5.02 Å². The fourth-order valence-electron chi connectivity index (χ4n) is 0.945. The van der Waals surface area contributed by atoms with Gasteiger partial charge in [0.15, 0.2) is 0 Å². The summed E-state index contributed by atoms with van der Waals surface area (Å²) in [5, 5.41) is 0.315. The van der Waals surface area contributed by atoms with E-state index >= 15 is 0 Å². The standard InChI is InChI=1S/C10H12ClN3O2/c1-6(12)9(15)13-14-10(16)7-4-2-3-5-8(7)11/h2-6H,12H2,1H3,(H,13,15)(H,14,16). The molecule has 0 saturated carbocycles. The van der Waals surface area contributed by atoms with Crippen LogP contribution in [0, 0.1) is 0 Å². The number of carbonyl (C=O) groups excluding carboxylic acids is 2. The van der Waals surface area contributed by atoms with E-state index in [-0.39, 0.29) is 5.56 Å². The molecule has 0 aliphatic heterocycles. The van der Waals surface area contributed by atoms with Gasteiger partial charge in [0.25, 0.3) is 11.8 Å². The third kappa shape index (κ3) is 3.22. The summed E-state index contributed by atoms with van der Waals surface area (Å²) < 4.78 is 0. The molecule has 0 bridgehead atoms. The van der Waals surface area contributed by atoms with Gasteiger partial charge in [-0.25, -0.2) is 0 Å². The molecule has 1 atom stereocenters. The molecule has 0 aromatic heterocycles. The van der Waals surface area contributed by atoms with Crippen LogP contribution < -0.4 is 16.6 Å². The third-order valence-electron chi connectivity index (χ3n) is 1.83. The highest BCUT2D eigenvalue weighted by atomic mass is 35.5. The van der Waals surface area contributed by atoms with Crippen molar-refractivity contribution in [3.63, 3.8) is 0 Å². The highest BCUT2D eigenvalue weighted by Crippen LogP contribution is 2.13. The SMILES string of the molecule is CC(N)C(=O)NNC(=O)c1ccccc1Cl. The Labute approximate surface area is 97.9 Å². The highest BCUT2D eigenvalue weighted by Gasteiger charge is 2.11. The van der Waals surface area contributed by atoms with Crippen molar-refractivity contribution >= 4 is 23.4 Å². The molecule has 1 aromatic rings. The summed E-state index contributed by atoms with van der Waals surface area (Å²) in [4.78, 5) is 22.6. The number of rotatable bonds is 2. The zero-order valence-electron chi connectivity index (χ0n) is 8.66. The molecular weight excluding hydrogens is 230 g/mol. The van der Waals surface area contributed by atoms with Crippen molar-refractivity contribution in [2.75, 3.05) is 0 Å². The average Bonchev–Trinajstić information content (AvgIpc) is 2.25. The monoisotopic (exact) mass is 241 g/mol. The molecule has 86 valence electrons. The minimum atomic E-state index is -0.688. The maximum Gasteiger partial charge on any atom is 0.271 e. The first kappa shape index (κ1) is 12.5. The Kier molecular flexibility index (Phi) is 4.28. The first-order chi connectivity index (χ1) is 7.52. The average molecular weight is 242 g/mol. The van der Waals surface area contributed by atoms with Gasteiger partial charge in [-0.15, -0.1) is 0 Å². The molecule has 0 aliphatic carbocycles. The van der Waals surface area contributed by atoms with Gasteiger partial charge in [0.2, 0.25) is 0 Å². The predicted octanol–water partition coefficient (Wildman–Crippen LogP) is 0.448. The van der Waals surface area contributed by atoms with Crippen LogP contribution in [0.15, 0.2) is 24.3 Å². The topological polar surface area (TPSA) is 84.2 Å². The number of nitrogens with one attached hydrogen (secondary N) is 2. The third-order valence-corrected chi connectivity index (χ3v) is 2.16. The zero-order chi connectivity index (χ0) is 12.1. The smallest absolute Gasteiger partial charge is 0.271 e. The lowest BCUT2D eigenvalue weighted by Gasteiger charge is -2.09. The second kappa shape index (κ2) is 5.48. The lowest BCUT2D eigenvalue weighted by atomic mass is 10.2. The molecule has 0 aliphatic rings. The fourth-order valence-corrected chi connectivity index (χ4v) is 1.17. The van der Waals surface area contributed by atoms with E-state index in [1.807, 2.05) is 0 Å². The van der Waals surface area contributed by atoms with Crippen LogP contribution in [-0.2, 0) is 4.79 Å². The molecule has 4 N–H and O–H groups in total. The van der Waals surface area contributed by atoms with E-state index in [0.717, 1.165) is 0 Å². The lowest BCUT2D eigenvalue weighted by Crippen LogP contribution is -2.48. The second-order valence-corrected chi connectivity index (χ2v) is 3.62. The van der Waals surface area contributed by atoms with Crippen molar-refractivity contribution < 1.29 is 9.59 Å². The molecule has 0 saturated heterocycles. The Morgan fingerprint density at radius 1 is 1.31 bits per heavy atom. The molecule has 1 rings (SSSR count). The summed E-state index contributed by atoms with van der Waals surface area (Å²) in [7, 11) is 0. The summed E-state index contributed by atoms with van der Waals surface area (Å²) in [6, 6.07) is 5.83.